The van der Waals surface area contributed by atoms with Crippen LogP contribution in [0.3, 0.4) is 0 Å². The summed E-state index contributed by atoms with van der Waals surface area (Å²) in [4.78, 5) is 0. The van der Waals surface area contributed by atoms with Crippen LogP contribution in [0.25, 0.3) is 0 Å². The fourth-order valence-electron chi connectivity index (χ4n) is 1.28. The van der Waals surface area contributed by atoms with Gasteiger partial charge in [0.1, 0.15) is 0 Å². The highest BCUT2D eigenvalue weighted by Gasteiger charge is 1.93. The summed E-state index contributed by atoms with van der Waals surface area (Å²) in [5.74, 6) is 0.760. The lowest BCUT2D eigenvalue weighted by Crippen LogP contribution is -1.88. The van der Waals surface area contributed by atoms with Crippen molar-refractivity contribution < 1.29 is 0 Å². The molecule has 0 saturated heterocycles. The first-order valence-corrected chi connectivity index (χ1v) is 5.04. The van der Waals surface area contributed by atoms with Gasteiger partial charge in [-0.1, -0.05) is 31.2 Å². The summed E-state index contributed by atoms with van der Waals surface area (Å²) in [6.45, 7) is 2.18. The van der Waals surface area contributed by atoms with Gasteiger partial charge in [0.15, 0.2) is 0 Å². The second-order valence-electron chi connectivity index (χ2n) is 2.97. The Kier molecular flexibility index (Phi) is 4.16. The Morgan fingerprint density at radius 2 is 2.00 bits per heavy atom. The molecule has 1 aromatic rings. The van der Waals surface area contributed by atoms with Crippen molar-refractivity contribution >= 4 is 11.6 Å². The molecule has 0 spiro atoms. The molecule has 0 bridgehead atoms. The van der Waals surface area contributed by atoms with Gasteiger partial charge >= 0.3 is 0 Å². The molecule has 0 atom stereocenters. The zero-order valence-corrected chi connectivity index (χ0v) is 8.27. The van der Waals surface area contributed by atoms with Crippen molar-refractivity contribution in [2.45, 2.75) is 26.2 Å². The second kappa shape index (κ2) is 5.21. The molecule has 0 aliphatic heterocycles. The topological polar surface area (TPSA) is 0 Å². The highest BCUT2D eigenvalue weighted by atomic mass is 35.5. The van der Waals surface area contributed by atoms with Gasteiger partial charge in [0.2, 0.25) is 0 Å². The molecule has 0 aliphatic rings. The molecular weight excluding hydrogens is 168 g/mol. The third-order valence-electron chi connectivity index (χ3n) is 2.00. The molecule has 0 aliphatic carbocycles. The van der Waals surface area contributed by atoms with Crippen LogP contribution in [0.4, 0.5) is 0 Å². The lowest BCUT2D eigenvalue weighted by molar-refractivity contribution is 0.924. The van der Waals surface area contributed by atoms with Crippen molar-refractivity contribution in [1.29, 1.82) is 0 Å². The van der Waals surface area contributed by atoms with E-state index < -0.39 is 0 Å². The van der Waals surface area contributed by atoms with Crippen LogP contribution in [0, 0.1) is 0 Å². The van der Waals surface area contributed by atoms with E-state index in [9.17, 15) is 0 Å². The number of alkyl halides is 1. The largest absolute Gasteiger partial charge is 0.127 e. The summed E-state index contributed by atoms with van der Waals surface area (Å²) in [6, 6.07) is 8.74. The Labute approximate surface area is 79.6 Å². The molecule has 0 heterocycles. The van der Waals surface area contributed by atoms with Gasteiger partial charge < -0.3 is 0 Å². The molecule has 1 heteroatoms. The number of benzene rings is 1. The van der Waals surface area contributed by atoms with Crippen LogP contribution in [0.2, 0.25) is 0 Å². The normalized spacial score (nSPS) is 10.2. The smallest absolute Gasteiger partial charge is 0.0226 e. The molecule has 0 N–H and O–H groups in total. The van der Waals surface area contributed by atoms with E-state index >= 15 is 0 Å². The van der Waals surface area contributed by atoms with E-state index in [-0.39, 0.29) is 0 Å². The van der Waals surface area contributed by atoms with E-state index in [1.165, 1.54) is 11.1 Å². The first-order chi connectivity index (χ1) is 5.86. The molecule has 12 heavy (non-hydrogen) atoms. The minimum atomic E-state index is 0.760. The molecule has 66 valence electrons. The summed E-state index contributed by atoms with van der Waals surface area (Å²) in [7, 11) is 0. The summed E-state index contributed by atoms with van der Waals surface area (Å²) in [6.07, 6.45) is 3.31. The van der Waals surface area contributed by atoms with Crippen molar-refractivity contribution in [3.63, 3.8) is 0 Å². The predicted octanol–water partition coefficient (Wildman–Crippen LogP) is 3.42. The summed E-state index contributed by atoms with van der Waals surface area (Å²) < 4.78 is 0. The van der Waals surface area contributed by atoms with Crippen LogP contribution in [0.15, 0.2) is 24.3 Å². The van der Waals surface area contributed by atoms with Gasteiger partial charge in [-0.3, -0.25) is 0 Å². The summed E-state index contributed by atoms with van der Waals surface area (Å²) in [5, 5.41) is 0. The van der Waals surface area contributed by atoms with Crippen LogP contribution < -0.4 is 0 Å². The zero-order chi connectivity index (χ0) is 8.81. The molecule has 0 amide bonds. The van der Waals surface area contributed by atoms with Crippen molar-refractivity contribution in [2.75, 3.05) is 5.88 Å². The minimum Gasteiger partial charge on any atom is -0.127 e. The van der Waals surface area contributed by atoms with Crippen molar-refractivity contribution in [1.82, 2.24) is 0 Å². The van der Waals surface area contributed by atoms with E-state index in [1.54, 1.807) is 0 Å². The van der Waals surface area contributed by atoms with E-state index in [0.29, 0.717) is 0 Å². The van der Waals surface area contributed by atoms with E-state index in [2.05, 4.69) is 31.2 Å². The van der Waals surface area contributed by atoms with Gasteiger partial charge in [-0.15, -0.1) is 11.6 Å². The molecule has 0 radical (unpaired) electrons. The Balaban J connectivity index is 2.60. The summed E-state index contributed by atoms with van der Waals surface area (Å²) >= 11 is 5.63. The third-order valence-corrected chi connectivity index (χ3v) is 2.27. The van der Waals surface area contributed by atoms with Crippen LogP contribution in [-0.2, 0) is 12.8 Å². The van der Waals surface area contributed by atoms with E-state index in [0.717, 1.165) is 25.1 Å². The van der Waals surface area contributed by atoms with Gasteiger partial charge in [-0.25, -0.2) is 0 Å². The first-order valence-electron chi connectivity index (χ1n) is 4.50. The van der Waals surface area contributed by atoms with Crippen LogP contribution >= 0.6 is 11.6 Å². The Bertz CT molecular complexity index is 230. The Morgan fingerprint density at radius 1 is 1.25 bits per heavy atom. The van der Waals surface area contributed by atoms with Gasteiger partial charge in [-0.2, -0.15) is 0 Å². The number of rotatable bonds is 4. The highest BCUT2D eigenvalue weighted by molar-refractivity contribution is 6.17. The fraction of sp³-hybridized carbons (Fsp3) is 0.455. The first kappa shape index (κ1) is 9.60. The van der Waals surface area contributed by atoms with Crippen molar-refractivity contribution in [3.05, 3.63) is 35.4 Å². The lowest BCUT2D eigenvalue weighted by atomic mass is 10.1. The Morgan fingerprint density at radius 3 is 2.67 bits per heavy atom. The standard InChI is InChI=1S/C11H15Cl/c1-2-10-5-3-6-11(9-10)7-4-8-12/h3,5-6,9H,2,4,7-8H2,1H3. The molecule has 0 saturated carbocycles. The Hall–Kier alpha value is -0.490. The van der Waals surface area contributed by atoms with Gasteiger partial charge in [-0.05, 0) is 30.4 Å². The molecule has 1 rings (SSSR count). The molecule has 0 unspecified atom stereocenters. The third kappa shape index (κ3) is 2.86. The fourth-order valence-corrected chi connectivity index (χ4v) is 1.41. The van der Waals surface area contributed by atoms with Gasteiger partial charge in [0.05, 0.1) is 0 Å². The van der Waals surface area contributed by atoms with Gasteiger partial charge in [0, 0.05) is 5.88 Å². The monoisotopic (exact) mass is 182 g/mol. The molecule has 0 nitrogen and oxygen atoms in total. The maximum atomic E-state index is 5.63. The molecule has 0 fully saturated rings. The van der Waals surface area contributed by atoms with Crippen LogP contribution in [0.1, 0.15) is 24.5 Å². The number of halogens is 1. The van der Waals surface area contributed by atoms with Crippen LogP contribution in [-0.4, -0.2) is 5.88 Å². The number of aryl methyl sites for hydroxylation is 2. The maximum Gasteiger partial charge on any atom is 0.0226 e. The quantitative estimate of drug-likeness (QED) is 0.626. The van der Waals surface area contributed by atoms with Crippen molar-refractivity contribution in [2.24, 2.45) is 0 Å². The number of hydrogen-bond donors (Lipinski definition) is 0. The molecule has 0 aromatic heterocycles. The summed E-state index contributed by atoms with van der Waals surface area (Å²) in [5.41, 5.74) is 2.83. The van der Waals surface area contributed by atoms with Gasteiger partial charge in [0.25, 0.3) is 0 Å². The average molecular weight is 183 g/mol. The molecular formula is C11H15Cl. The number of hydrogen-bond acceptors (Lipinski definition) is 0. The van der Waals surface area contributed by atoms with E-state index in [4.69, 9.17) is 11.6 Å². The van der Waals surface area contributed by atoms with Crippen molar-refractivity contribution in [3.8, 4) is 0 Å². The molecule has 1 aromatic carbocycles. The maximum absolute atomic E-state index is 5.63. The van der Waals surface area contributed by atoms with Crippen LogP contribution in [0.5, 0.6) is 0 Å². The van der Waals surface area contributed by atoms with E-state index in [1.807, 2.05) is 0 Å². The zero-order valence-electron chi connectivity index (χ0n) is 7.52. The second-order valence-corrected chi connectivity index (χ2v) is 3.34. The predicted molar refractivity (Wildman–Crippen MR) is 54.9 cm³/mol. The minimum absolute atomic E-state index is 0.760. The highest BCUT2D eigenvalue weighted by Crippen LogP contribution is 2.08. The SMILES string of the molecule is CCc1cccc(CCCCl)c1. The lowest BCUT2D eigenvalue weighted by Gasteiger charge is -2.01. The average Bonchev–Trinajstić information content (AvgIpc) is 2.15.